The van der Waals surface area contributed by atoms with Crippen LogP contribution >= 0.6 is 0 Å². The van der Waals surface area contributed by atoms with E-state index in [4.69, 9.17) is 15.0 Å². The zero-order valence-electron chi connectivity index (χ0n) is 4.13. The Morgan fingerprint density at radius 3 is 1.25 bits per heavy atom. The van der Waals surface area contributed by atoms with E-state index < -0.39 is 6.16 Å². The molecule has 0 heterocycles. The maximum atomic E-state index is 8.33. The summed E-state index contributed by atoms with van der Waals surface area (Å²) in [5.74, 6) is 0. The standard InChI is InChI=1S/CH2O3.Li.Mg.Mn.Ni/c2-1(3)4;;;;/h(H2,2,3,4);;;;/q;+1;3*+2/p-2. The first kappa shape index (κ1) is 33.4. The van der Waals surface area contributed by atoms with E-state index >= 15 is 0 Å². The molecular weight excluding hydrogens is 205 g/mol. The fourth-order valence-electron chi connectivity index (χ4n) is 0. The fraction of sp³-hybridized carbons (Fsp3) is 0. The second-order valence-electron chi connectivity index (χ2n) is 0.250. The molecule has 0 N–H and O–H groups in total. The summed E-state index contributed by atoms with van der Waals surface area (Å²) in [7, 11) is 0. The molecule has 0 rings (SSSR count). The van der Waals surface area contributed by atoms with E-state index in [-0.39, 0.29) is 75.5 Å². The van der Waals surface area contributed by atoms with Gasteiger partial charge in [-0.05, 0) is 6.16 Å². The molecule has 0 aromatic heterocycles. The zero-order chi connectivity index (χ0) is 3.58. The molecule has 0 spiro atoms. The molecule has 37 valence electrons. The van der Waals surface area contributed by atoms with Gasteiger partial charge in [0.1, 0.15) is 0 Å². The minimum Gasteiger partial charge on any atom is -0.652 e. The van der Waals surface area contributed by atoms with Crippen LogP contribution in [0.4, 0.5) is 4.79 Å². The molecule has 1 radical (unpaired) electrons. The van der Waals surface area contributed by atoms with Crippen molar-refractivity contribution in [1.29, 1.82) is 0 Å². The van der Waals surface area contributed by atoms with Crippen molar-refractivity contribution in [3.05, 3.63) is 0 Å². The predicted molar refractivity (Wildman–Crippen MR) is 11.1 cm³/mol. The average molecular weight is 205 g/mol. The topological polar surface area (TPSA) is 63.2 Å². The minimum absolute atomic E-state index is 0. The van der Waals surface area contributed by atoms with Crippen LogP contribution in [0.2, 0.25) is 0 Å². The Balaban J connectivity index is -0.00000000750. The molecule has 7 heteroatoms. The van der Waals surface area contributed by atoms with Crippen molar-refractivity contribution in [2.45, 2.75) is 0 Å². The summed E-state index contributed by atoms with van der Waals surface area (Å²) >= 11 is 0. The normalized spacial score (nSPS) is 3.00. The molecule has 0 aromatic carbocycles. The maximum absolute atomic E-state index is 8.33. The van der Waals surface area contributed by atoms with Crippen molar-refractivity contribution in [3.63, 3.8) is 0 Å². The number of carboxylic acid groups (broad SMARTS) is 2. The summed E-state index contributed by atoms with van der Waals surface area (Å²) in [6.45, 7) is 0. The Morgan fingerprint density at radius 1 is 1.25 bits per heavy atom. The van der Waals surface area contributed by atoms with Gasteiger partial charge in [0.15, 0.2) is 0 Å². The van der Waals surface area contributed by atoms with E-state index in [0.717, 1.165) is 0 Å². The van der Waals surface area contributed by atoms with Crippen LogP contribution in [0.3, 0.4) is 0 Å². The van der Waals surface area contributed by atoms with Gasteiger partial charge in [0.05, 0.1) is 0 Å². The smallest absolute Gasteiger partial charge is 0.652 e. The van der Waals surface area contributed by atoms with Crippen LogP contribution in [-0.4, -0.2) is 29.2 Å². The van der Waals surface area contributed by atoms with Crippen molar-refractivity contribution >= 4 is 29.2 Å². The van der Waals surface area contributed by atoms with Crippen LogP contribution in [0.15, 0.2) is 0 Å². The van der Waals surface area contributed by atoms with Crippen LogP contribution in [0.5, 0.6) is 0 Å². The maximum Gasteiger partial charge on any atom is 2.00 e. The fourth-order valence-corrected chi connectivity index (χ4v) is 0. The van der Waals surface area contributed by atoms with Gasteiger partial charge in [0.2, 0.25) is 0 Å². The molecule has 0 saturated heterocycles. The van der Waals surface area contributed by atoms with E-state index in [1.54, 1.807) is 0 Å². The predicted octanol–water partition coefficient (Wildman–Crippen LogP) is -5.83. The molecule has 0 saturated carbocycles. The van der Waals surface area contributed by atoms with Gasteiger partial charge in [0, 0.05) is 0 Å². The molecule has 0 unspecified atom stereocenters. The molecule has 0 aliphatic heterocycles. The minimum atomic E-state index is -2.33. The average Bonchev–Trinajstić information content (AvgIpc) is 0.811. The van der Waals surface area contributed by atoms with Crippen molar-refractivity contribution in [1.82, 2.24) is 0 Å². The van der Waals surface area contributed by atoms with Crippen LogP contribution in [0.1, 0.15) is 0 Å². The SMILES string of the molecule is O=C([O-])[O-].[Li+].[Mg+2].[Mn+2].[Ni+2]. The Labute approximate surface area is 95.7 Å². The quantitative estimate of drug-likeness (QED) is 0.370. The van der Waals surface area contributed by atoms with E-state index in [2.05, 4.69) is 0 Å². The molecule has 0 aromatic rings. The number of hydrogen-bond donors (Lipinski definition) is 0. The molecular formula is CLiMgMnNiO3+5. The summed E-state index contributed by atoms with van der Waals surface area (Å²) in [4.78, 5) is 8.33. The Bertz CT molecular complexity index is 42.3. The summed E-state index contributed by atoms with van der Waals surface area (Å²) in [6, 6.07) is 0. The van der Waals surface area contributed by atoms with Crippen molar-refractivity contribution in [2.75, 3.05) is 0 Å². The number of carbonyl (C=O) groups is 1. The second kappa shape index (κ2) is 23.4. The van der Waals surface area contributed by atoms with Gasteiger partial charge in [0.25, 0.3) is 0 Å². The van der Waals surface area contributed by atoms with Gasteiger partial charge in [-0.25, -0.2) is 0 Å². The van der Waals surface area contributed by atoms with Crippen LogP contribution in [-0.2, 0) is 33.6 Å². The van der Waals surface area contributed by atoms with Crippen LogP contribution in [0.25, 0.3) is 0 Å². The van der Waals surface area contributed by atoms with E-state index in [1.165, 1.54) is 0 Å². The number of carbonyl (C=O) groups excluding carboxylic acids is 1. The Hall–Kier alpha value is 1.65. The molecule has 0 bridgehead atoms. The molecule has 8 heavy (non-hydrogen) atoms. The van der Waals surface area contributed by atoms with Crippen molar-refractivity contribution in [2.24, 2.45) is 0 Å². The molecule has 0 amide bonds. The summed E-state index contributed by atoms with van der Waals surface area (Å²) in [6.07, 6.45) is -2.33. The number of hydrogen-bond acceptors (Lipinski definition) is 3. The summed E-state index contributed by atoms with van der Waals surface area (Å²) < 4.78 is 0. The van der Waals surface area contributed by atoms with Crippen LogP contribution in [0, 0.1) is 0 Å². The van der Waals surface area contributed by atoms with Gasteiger partial charge in [-0.2, -0.15) is 0 Å². The third-order valence-electron chi connectivity index (χ3n) is 0. The van der Waals surface area contributed by atoms with Crippen molar-refractivity contribution < 1.29 is 67.4 Å². The summed E-state index contributed by atoms with van der Waals surface area (Å²) in [5.41, 5.74) is 0. The Morgan fingerprint density at radius 2 is 1.25 bits per heavy atom. The first-order valence-corrected chi connectivity index (χ1v) is 0.612. The zero-order valence-corrected chi connectivity index (χ0v) is 7.71. The molecule has 0 aliphatic rings. The van der Waals surface area contributed by atoms with E-state index in [0.29, 0.717) is 0 Å². The van der Waals surface area contributed by atoms with E-state index in [1.807, 2.05) is 0 Å². The van der Waals surface area contributed by atoms with Gasteiger partial charge in [-0.15, -0.1) is 0 Å². The van der Waals surface area contributed by atoms with E-state index in [9.17, 15) is 0 Å². The third-order valence-corrected chi connectivity index (χ3v) is 0. The summed E-state index contributed by atoms with van der Waals surface area (Å²) in [5, 5.41) is 16.7. The number of rotatable bonds is 0. The van der Waals surface area contributed by atoms with Gasteiger partial charge >= 0.3 is 75.5 Å². The largest absolute Gasteiger partial charge is 2.00 e. The van der Waals surface area contributed by atoms with Gasteiger partial charge in [-0.3, -0.25) is 0 Å². The Kier molecular flexibility index (Phi) is 97.8. The first-order valence-electron chi connectivity index (χ1n) is 0.612. The van der Waals surface area contributed by atoms with Crippen LogP contribution < -0.4 is 29.1 Å². The van der Waals surface area contributed by atoms with Crippen molar-refractivity contribution in [3.8, 4) is 0 Å². The molecule has 0 fully saturated rings. The first-order chi connectivity index (χ1) is 1.73. The molecule has 0 atom stereocenters. The van der Waals surface area contributed by atoms with Gasteiger partial charge in [-0.1, -0.05) is 0 Å². The second-order valence-corrected chi connectivity index (χ2v) is 0.250. The monoisotopic (exact) mass is 204 g/mol. The molecule has 3 nitrogen and oxygen atoms in total. The third kappa shape index (κ3) is 125. The molecule has 0 aliphatic carbocycles. The van der Waals surface area contributed by atoms with Gasteiger partial charge < -0.3 is 15.0 Å².